The van der Waals surface area contributed by atoms with Crippen LogP contribution in [-0.4, -0.2) is 42.1 Å². The van der Waals surface area contributed by atoms with E-state index in [0.29, 0.717) is 18.0 Å². The van der Waals surface area contributed by atoms with Crippen LogP contribution in [0.4, 0.5) is 0 Å². The molecule has 2 saturated heterocycles. The lowest BCUT2D eigenvalue weighted by Crippen LogP contribution is -2.60. The van der Waals surface area contributed by atoms with Gasteiger partial charge in [0.15, 0.2) is 0 Å². The zero-order valence-corrected chi connectivity index (χ0v) is 19.9. The number of hydrogen-bond acceptors (Lipinski definition) is 3. The van der Waals surface area contributed by atoms with Gasteiger partial charge in [-0.2, -0.15) is 0 Å². The summed E-state index contributed by atoms with van der Waals surface area (Å²) in [6.07, 6.45) is 2.62. The monoisotopic (exact) mass is 438 g/mol. The van der Waals surface area contributed by atoms with Gasteiger partial charge < -0.3 is 4.74 Å². The van der Waals surface area contributed by atoms with Crippen molar-refractivity contribution in [3.8, 4) is 11.1 Å². The maximum atomic E-state index is 6.59. The summed E-state index contributed by atoms with van der Waals surface area (Å²) in [7, 11) is 2.27. The van der Waals surface area contributed by atoms with E-state index in [-0.39, 0.29) is 12.3 Å². The van der Waals surface area contributed by atoms with Crippen LogP contribution in [0.2, 0.25) is 0 Å². The summed E-state index contributed by atoms with van der Waals surface area (Å²) in [4.78, 5) is 5.25. The molecule has 170 valence electrons. The van der Waals surface area contributed by atoms with E-state index in [1.165, 1.54) is 34.2 Å². The Hall–Kier alpha value is -2.46. The molecule has 0 spiro atoms. The fourth-order valence-electron chi connectivity index (χ4n) is 6.54. The van der Waals surface area contributed by atoms with Gasteiger partial charge in [0.2, 0.25) is 0 Å². The van der Waals surface area contributed by atoms with Gasteiger partial charge in [-0.1, -0.05) is 66.7 Å². The van der Waals surface area contributed by atoms with E-state index in [4.69, 9.17) is 4.74 Å². The molecule has 0 aliphatic carbocycles. The molecule has 3 nitrogen and oxygen atoms in total. The zero-order valence-electron chi connectivity index (χ0n) is 19.9. The zero-order chi connectivity index (χ0) is 22.5. The molecule has 3 aromatic rings. The number of nitrogens with zero attached hydrogens (tertiary/aromatic N) is 2. The third kappa shape index (κ3) is 3.63. The van der Waals surface area contributed by atoms with Gasteiger partial charge in [0, 0.05) is 31.1 Å². The van der Waals surface area contributed by atoms with E-state index in [1.54, 1.807) is 5.56 Å². The first-order valence-electron chi connectivity index (χ1n) is 12.5. The third-order valence-corrected chi connectivity index (χ3v) is 8.40. The molecule has 0 bridgehead atoms. The number of ether oxygens (including phenoxy) is 1. The van der Waals surface area contributed by atoms with Gasteiger partial charge in [-0.3, -0.25) is 9.80 Å². The molecule has 3 aliphatic heterocycles. The van der Waals surface area contributed by atoms with Crippen LogP contribution in [0.25, 0.3) is 11.1 Å². The summed E-state index contributed by atoms with van der Waals surface area (Å²) in [6.45, 7) is 6.78. The fourth-order valence-corrected chi connectivity index (χ4v) is 6.54. The highest BCUT2D eigenvalue weighted by Crippen LogP contribution is 2.46. The van der Waals surface area contributed by atoms with Crippen LogP contribution in [0.15, 0.2) is 72.8 Å². The van der Waals surface area contributed by atoms with E-state index in [2.05, 4.69) is 103 Å². The molecule has 1 unspecified atom stereocenters. The van der Waals surface area contributed by atoms with Crippen molar-refractivity contribution in [3.05, 3.63) is 95.1 Å². The molecular weight excluding hydrogens is 404 g/mol. The molecule has 3 aliphatic rings. The first-order valence-corrected chi connectivity index (χ1v) is 12.5. The molecular formula is C30H34N2O. The molecule has 3 aromatic carbocycles. The molecule has 5 atom stereocenters. The standard InChI is InChI=1S/C30H34N2O/c1-20-9-7-8-12-25(20)24-14-13-22-15-16-32-19-27-21(2)33-30(23-10-5-4-6-11-23)31(3)28(27)18-29(32)26(22)17-24/h4-14,17,21,27-30H,15-16,18-19H2,1-3H3/t21-,27-,28-,29-,30?/m0/s1. The Kier molecular flexibility index (Phi) is 5.37. The molecule has 2 fully saturated rings. The summed E-state index contributed by atoms with van der Waals surface area (Å²) < 4.78 is 6.59. The highest BCUT2D eigenvalue weighted by Gasteiger charge is 2.47. The van der Waals surface area contributed by atoms with Crippen LogP contribution >= 0.6 is 0 Å². The third-order valence-electron chi connectivity index (χ3n) is 8.40. The number of hydrogen-bond donors (Lipinski definition) is 0. The minimum Gasteiger partial charge on any atom is -0.356 e. The van der Waals surface area contributed by atoms with E-state index in [1.807, 2.05) is 0 Å². The summed E-state index contributed by atoms with van der Waals surface area (Å²) in [5.41, 5.74) is 8.40. The van der Waals surface area contributed by atoms with E-state index in [0.717, 1.165) is 19.5 Å². The second-order valence-electron chi connectivity index (χ2n) is 10.2. The fraction of sp³-hybridized carbons (Fsp3) is 0.400. The van der Waals surface area contributed by atoms with Crippen LogP contribution in [0.3, 0.4) is 0 Å². The Morgan fingerprint density at radius 1 is 0.939 bits per heavy atom. The van der Waals surface area contributed by atoms with Crippen LogP contribution in [0.5, 0.6) is 0 Å². The quantitative estimate of drug-likeness (QED) is 0.488. The van der Waals surface area contributed by atoms with Gasteiger partial charge in [-0.25, -0.2) is 0 Å². The van der Waals surface area contributed by atoms with Crippen molar-refractivity contribution in [2.75, 3.05) is 20.1 Å². The molecule has 3 heterocycles. The van der Waals surface area contributed by atoms with Gasteiger partial charge in [0.05, 0.1) is 6.10 Å². The van der Waals surface area contributed by atoms with Crippen LogP contribution in [0.1, 0.15) is 47.9 Å². The van der Waals surface area contributed by atoms with E-state index in [9.17, 15) is 0 Å². The normalized spacial score (nSPS) is 29.7. The Morgan fingerprint density at radius 2 is 1.73 bits per heavy atom. The SMILES string of the molecule is Cc1ccccc1-c1ccc2c(c1)[C@@H]1C[C@H]3[C@@H](CN1CC2)[C@H](C)OC(c1ccccc1)N3C. The first kappa shape index (κ1) is 21.1. The van der Waals surface area contributed by atoms with Crippen molar-refractivity contribution in [3.63, 3.8) is 0 Å². The van der Waals surface area contributed by atoms with Gasteiger partial charge in [0.1, 0.15) is 6.23 Å². The highest BCUT2D eigenvalue weighted by molar-refractivity contribution is 5.68. The van der Waals surface area contributed by atoms with Crippen molar-refractivity contribution in [2.24, 2.45) is 5.92 Å². The number of benzene rings is 3. The maximum absolute atomic E-state index is 6.59. The second-order valence-corrected chi connectivity index (χ2v) is 10.2. The predicted molar refractivity (Wildman–Crippen MR) is 134 cm³/mol. The molecule has 0 amide bonds. The van der Waals surface area contributed by atoms with Crippen LogP contribution in [0, 0.1) is 12.8 Å². The average molecular weight is 439 g/mol. The minimum absolute atomic E-state index is 0.0374. The minimum atomic E-state index is 0.0374. The molecule has 6 rings (SSSR count). The highest BCUT2D eigenvalue weighted by atomic mass is 16.5. The Balaban J connectivity index is 1.34. The van der Waals surface area contributed by atoms with Crippen molar-refractivity contribution < 1.29 is 4.74 Å². The Bertz CT molecular complexity index is 1140. The smallest absolute Gasteiger partial charge is 0.137 e. The lowest BCUT2D eigenvalue weighted by atomic mass is 9.76. The second kappa shape index (κ2) is 8.39. The topological polar surface area (TPSA) is 15.7 Å². The average Bonchev–Trinajstić information content (AvgIpc) is 2.86. The summed E-state index contributed by atoms with van der Waals surface area (Å²) in [5.74, 6) is 0.548. The maximum Gasteiger partial charge on any atom is 0.137 e. The number of piperidine rings is 1. The molecule has 0 saturated carbocycles. The van der Waals surface area contributed by atoms with Crippen molar-refractivity contribution in [1.29, 1.82) is 0 Å². The largest absolute Gasteiger partial charge is 0.356 e. The van der Waals surface area contributed by atoms with Gasteiger partial charge in [-0.15, -0.1) is 0 Å². The lowest BCUT2D eigenvalue weighted by molar-refractivity contribution is -0.202. The van der Waals surface area contributed by atoms with Crippen molar-refractivity contribution in [1.82, 2.24) is 9.80 Å². The van der Waals surface area contributed by atoms with Gasteiger partial charge >= 0.3 is 0 Å². The van der Waals surface area contributed by atoms with E-state index < -0.39 is 0 Å². The van der Waals surface area contributed by atoms with E-state index >= 15 is 0 Å². The molecule has 0 radical (unpaired) electrons. The molecule has 3 heteroatoms. The van der Waals surface area contributed by atoms with Crippen LogP contribution < -0.4 is 0 Å². The van der Waals surface area contributed by atoms with Crippen molar-refractivity contribution in [2.45, 2.75) is 51.1 Å². The van der Waals surface area contributed by atoms with Crippen LogP contribution in [-0.2, 0) is 11.2 Å². The summed E-state index contributed by atoms with van der Waals surface area (Å²) in [5, 5.41) is 0. The Labute approximate surface area is 198 Å². The first-order chi connectivity index (χ1) is 16.1. The van der Waals surface area contributed by atoms with Gasteiger partial charge in [0.25, 0.3) is 0 Å². The molecule has 0 N–H and O–H groups in total. The lowest BCUT2D eigenvalue weighted by Gasteiger charge is -2.55. The van der Waals surface area contributed by atoms with Gasteiger partial charge in [-0.05, 0) is 73.2 Å². The van der Waals surface area contributed by atoms with Crippen molar-refractivity contribution >= 4 is 0 Å². The summed E-state index contributed by atoms with van der Waals surface area (Å²) in [6, 6.07) is 27.7. The number of aryl methyl sites for hydroxylation is 1. The number of fused-ring (bicyclic) bond motifs is 4. The molecule has 33 heavy (non-hydrogen) atoms. The Morgan fingerprint density at radius 3 is 2.55 bits per heavy atom. The number of rotatable bonds is 2. The summed E-state index contributed by atoms with van der Waals surface area (Å²) >= 11 is 0. The molecule has 0 aromatic heterocycles. The predicted octanol–water partition coefficient (Wildman–Crippen LogP) is 6.00.